The molecule has 1 amide bonds. The van der Waals surface area contributed by atoms with Crippen molar-refractivity contribution < 1.29 is 46.8 Å². The van der Waals surface area contributed by atoms with Gasteiger partial charge in [0.25, 0.3) is 0 Å². The van der Waals surface area contributed by atoms with Crippen LogP contribution in [0.4, 0.5) is 20.2 Å². The Morgan fingerprint density at radius 2 is 1.72 bits per heavy atom. The highest BCUT2D eigenvalue weighted by molar-refractivity contribution is 6.00. The zero-order valence-corrected chi connectivity index (χ0v) is 29.7. The normalized spacial score (nSPS) is 13.3. The number of esters is 1. The smallest absolute Gasteiger partial charge is 0.338 e. The van der Waals surface area contributed by atoms with Crippen molar-refractivity contribution in [1.29, 1.82) is 5.26 Å². The van der Waals surface area contributed by atoms with Crippen LogP contribution in [-0.2, 0) is 49.8 Å². The van der Waals surface area contributed by atoms with Crippen molar-refractivity contribution in [3.05, 3.63) is 99.6 Å². The van der Waals surface area contributed by atoms with E-state index in [9.17, 15) is 14.9 Å². The summed E-state index contributed by atoms with van der Waals surface area (Å²) in [5.74, 6) is -2.41. The van der Waals surface area contributed by atoms with Crippen molar-refractivity contribution in [3.63, 3.8) is 0 Å². The van der Waals surface area contributed by atoms with Gasteiger partial charge in [-0.2, -0.15) is 5.26 Å². The van der Waals surface area contributed by atoms with Crippen LogP contribution in [0.2, 0.25) is 0 Å². The average molecular weight is 731 g/mol. The first-order chi connectivity index (χ1) is 25.7. The maximum absolute atomic E-state index is 15.7. The number of fused-ring (bicyclic) bond motifs is 6. The summed E-state index contributed by atoms with van der Waals surface area (Å²) in [5.41, 5.74) is 3.28. The fraction of sp³-hybridized carbons (Fsp3) is 0.333. The number of nitrogens with one attached hydrogen (secondary N) is 2. The average Bonchev–Trinajstić information content (AvgIpc) is 3.13. The minimum Gasteiger partial charge on any atom is -0.489 e. The Balaban J connectivity index is 0.00000127. The SMILES string of the molecule is C1COC1.CNc1cc(C(=O)OC)cc(OCCOC)c1NC(=O)Cc1cc(F)c2cc1COCCc1cc(C#N)ccc1COc1ccc(F)c-2n1. The lowest BCUT2D eigenvalue weighted by atomic mass is 9.98. The van der Waals surface area contributed by atoms with Gasteiger partial charge >= 0.3 is 5.97 Å². The van der Waals surface area contributed by atoms with Crippen LogP contribution in [0, 0.1) is 23.0 Å². The second-order valence-electron chi connectivity index (χ2n) is 11.9. The van der Waals surface area contributed by atoms with Crippen molar-refractivity contribution in [2.75, 3.05) is 64.9 Å². The van der Waals surface area contributed by atoms with Crippen molar-refractivity contribution >= 4 is 23.3 Å². The number of carbonyl (C=O) groups is 2. The number of methoxy groups -OCH3 is 2. The minimum atomic E-state index is -0.793. The molecule has 6 rings (SSSR count). The summed E-state index contributed by atoms with van der Waals surface area (Å²) in [4.78, 5) is 30.1. The molecule has 4 aromatic rings. The van der Waals surface area contributed by atoms with Crippen molar-refractivity contribution in [1.82, 2.24) is 4.98 Å². The fourth-order valence-electron chi connectivity index (χ4n) is 5.45. The summed E-state index contributed by atoms with van der Waals surface area (Å²) < 4.78 is 63.1. The molecule has 0 aliphatic carbocycles. The number of anilines is 2. The van der Waals surface area contributed by atoms with Gasteiger partial charge in [-0.1, -0.05) is 6.07 Å². The van der Waals surface area contributed by atoms with E-state index < -0.39 is 23.5 Å². The number of aromatic nitrogens is 1. The molecule has 1 aromatic heterocycles. The Labute approximate surface area is 305 Å². The van der Waals surface area contributed by atoms with Gasteiger partial charge in [0.2, 0.25) is 11.8 Å². The molecule has 0 saturated carbocycles. The van der Waals surface area contributed by atoms with Crippen LogP contribution in [0.5, 0.6) is 11.6 Å². The molecule has 0 unspecified atom stereocenters. The third kappa shape index (κ3) is 10.0. The van der Waals surface area contributed by atoms with Gasteiger partial charge in [0.15, 0.2) is 0 Å². The molecular formula is C39H40F2N4O8. The number of nitrogens with zero attached hydrogens (tertiary/aromatic N) is 2. The van der Waals surface area contributed by atoms with Crippen LogP contribution >= 0.6 is 0 Å². The number of amides is 1. The van der Waals surface area contributed by atoms with Crippen LogP contribution in [0.1, 0.15) is 44.6 Å². The number of hydrogen-bond donors (Lipinski definition) is 2. The zero-order valence-electron chi connectivity index (χ0n) is 29.7. The van der Waals surface area contributed by atoms with Gasteiger partial charge in [-0.15, -0.1) is 0 Å². The van der Waals surface area contributed by atoms with Crippen molar-refractivity contribution in [2.45, 2.75) is 32.5 Å². The van der Waals surface area contributed by atoms with Crippen LogP contribution in [0.15, 0.2) is 54.6 Å². The number of rotatable bonds is 9. The van der Waals surface area contributed by atoms with E-state index in [1.165, 1.54) is 44.9 Å². The standard InChI is InChI=1S/C36H34F2N4O7.C3H6O/c1-40-30-15-25(36(44)46-3)16-31(48-11-10-45-2)35(30)41-32(43)17-24-14-29(38)27-13-26(24)19-47-9-8-22-12-21(18-39)4-5-23(22)20-49-33-7-6-28(37)34(27)42-33;1-2-4-3-1/h4-7,12-16,40H,8-11,17,19-20H2,1-3H3,(H,41,43);1-3H2. The molecule has 0 atom stereocenters. The first-order valence-corrected chi connectivity index (χ1v) is 16.9. The number of ether oxygens (including phenoxy) is 6. The molecule has 3 aromatic carbocycles. The Kier molecular flexibility index (Phi) is 13.7. The summed E-state index contributed by atoms with van der Waals surface area (Å²) in [6.07, 6.45) is 1.43. The van der Waals surface area contributed by atoms with E-state index in [2.05, 4.69) is 21.7 Å². The number of benzene rings is 3. The highest BCUT2D eigenvalue weighted by atomic mass is 19.1. The van der Waals surface area contributed by atoms with E-state index in [-0.39, 0.29) is 73.6 Å². The van der Waals surface area contributed by atoms with Crippen molar-refractivity contribution in [2.24, 2.45) is 0 Å². The first-order valence-electron chi connectivity index (χ1n) is 16.9. The van der Waals surface area contributed by atoms with E-state index in [4.69, 9.17) is 28.4 Å². The van der Waals surface area contributed by atoms with Gasteiger partial charge in [-0.3, -0.25) is 4.79 Å². The molecule has 2 aliphatic rings. The van der Waals surface area contributed by atoms with Gasteiger partial charge < -0.3 is 39.1 Å². The molecule has 1 fully saturated rings. The van der Waals surface area contributed by atoms with Gasteiger partial charge in [0, 0.05) is 39.0 Å². The molecule has 3 heterocycles. The lowest BCUT2D eigenvalue weighted by Gasteiger charge is -2.19. The number of pyridine rings is 1. The van der Waals surface area contributed by atoms with E-state index in [0.29, 0.717) is 28.8 Å². The Bertz CT molecular complexity index is 1980. The van der Waals surface area contributed by atoms with Gasteiger partial charge in [-0.25, -0.2) is 18.6 Å². The molecule has 2 aliphatic heterocycles. The number of halogens is 2. The summed E-state index contributed by atoms with van der Waals surface area (Å²) >= 11 is 0. The van der Waals surface area contributed by atoms with E-state index in [1.807, 2.05) is 0 Å². The van der Waals surface area contributed by atoms with Crippen LogP contribution < -0.4 is 20.1 Å². The largest absolute Gasteiger partial charge is 0.489 e. The second kappa shape index (κ2) is 18.7. The van der Waals surface area contributed by atoms with E-state index >= 15 is 8.78 Å². The van der Waals surface area contributed by atoms with Crippen LogP contribution in [-0.4, -0.2) is 71.2 Å². The first kappa shape index (κ1) is 38.6. The monoisotopic (exact) mass is 730 g/mol. The number of hydrogen-bond acceptors (Lipinski definition) is 11. The summed E-state index contributed by atoms with van der Waals surface area (Å²) in [5, 5.41) is 15.2. The fourth-order valence-corrected chi connectivity index (χ4v) is 5.45. The van der Waals surface area contributed by atoms with Gasteiger partial charge in [0.05, 0.1) is 56.2 Å². The highest BCUT2D eigenvalue weighted by Crippen LogP contribution is 2.36. The molecule has 0 radical (unpaired) electrons. The molecule has 12 nitrogen and oxygen atoms in total. The summed E-state index contributed by atoms with van der Waals surface area (Å²) in [7, 11) is 4.37. The molecular weight excluding hydrogens is 690 g/mol. The number of nitriles is 1. The molecule has 0 spiro atoms. The maximum Gasteiger partial charge on any atom is 0.338 e. The topological polar surface area (TPSA) is 150 Å². The van der Waals surface area contributed by atoms with Crippen molar-refractivity contribution in [3.8, 4) is 29.0 Å². The van der Waals surface area contributed by atoms with E-state index in [0.717, 1.165) is 36.5 Å². The van der Waals surface area contributed by atoms with Crippen LogP contribution in [0.25, 0.3) is 11.3 Å². The Morgan fingerprint density at radius 1 is 0.925 bits per heavy atom. The lowest BCUT2D eigenvalue weighted by molar-refractivity contribution is -0.115. The van der Waals surface area contributed by atoms with Gasteiger partial charge in [0.1, 0.15) is 42.0 Å². The molecule has 2 N–H and O–H groups in total. The molecule has 4 bridgehead atoms. The zero-order chi connectivity index (χ0) is 37.7. The Morgan fingerprint density at radius 3 is 2.42 bits per heavy atom. The van der Waals surface area contributed by atoms with Crippen LogP contribution in [0.3, 0.4) is 0 Å². The molecule has 53 heavy (non-hydrogen) atoms. The Hall–Kier alpha value is -5.62. The van der Waals surface area contributed by atoms with Gasteiger partial charge in [-0.05, 0) is 77.6 Å². The van der Waals surface area contributed by atoms with E-state index in [1.54, 1.807) is 25.2 Å². The third-order valence-electron chi connectivity index (χ3n) is 8.38. The highest BCUT2D eigenvalue weighted by Gasteiger charge is 2.22. The molecule has 14 heteroatoms. The molecule has 278 valence electrons. The quantitative estimate of drug-likeness (QED) is 0.154. The maximum atomic E-state index is 15.7. The summed E-state index contributed by atoms with van der Waals surface area (Å²) in [6, 6.07) is 15.4. The second-order valence-corrected chi connectivity index (χ2v) is 11.9. The third-order valence-corrected chi connectivity index (χ3v) is 8.38. The predicted molar refractivity (Wildman–Crippen MR) is 191 cm³/mol. The summed E-state index contributed by atoms with van der Waals surface area (Å²) in [6.45, 7) is 2.68. The minimum absolute atomic E-state index is 0.0258. The molecule has 1 saturated heterocycles. The number of carbonyl (C=O) groups excluding carboxylic acids is 2. The lowest BCUT2D eigenvalue weighted by Crippen LogP contribution is -2.19. The predicted octanol–water partition coefficient (Wildman–Crippen LogP) is 5.99.